The van der Waals surface area contributed by atoms with E-state index in [1.165, 1.54) is 20.9 Å². The molecule has 0 saturated carbocycles. The number of rotatable bonds is 0. The van der Waals surface area contributed by atoms with Gasteiger partial charge in [0.1, 0.15) is 16.1 Å². The van der Waals surface area contributed by atoms with E-state index in [0.717, 1.165) is 0 Å². The van der Waals surface area contributed by atoms with E-state index in [-0.39, 0.29) is 0 Å². The quantitative estimate of drug-likeness (QED) is 0.336. The zero-order valence-electron chi connectivity index (χ0n) is 17.3. The first-order chi connectivity index (χ1) is 13.2. The SMILES string of the molecule is Cc1cc2c(s1)-c1ccc3c4c(ccc(c14)[Si]2(C)C)-c1sc(C)cc1[Si]3(C)C. The summed E-state index contributed by atoms with van der Waals surface area (Å²) >= 11 is 4.01. The Balaban J connectivity index is 1.86. The van der Waals surface area contributed by atoms with E-state index in [9.17, 15) is 0 Å². The summed E-state index contributed by atoms with van der Waals surface area (Å²) in [7, 11) is -3.36. The van der Waals surface area contributed by atoms with Crippen molar-refractivity contribution in [3.63, 3.8) is 0 Å². The summed E-state index contributed by atoms with van der Waals surface area (Å²) in [5.74, 6) is 0. The average molecular weight is 433 g/mol. The Morgan fingerprint density at radius 1 is 0.571 bits per heavy atom. The van der Waals surface area contributed by atoms with Gasteiger partial charge in [0.05, 0.1) is 0 Å². The van der Waals surface area contributed by atoms with Crippen LogP contribution in [0.15, 0.2) is 36.4 Å². The van der Waals surface area contributed by atoms with Crippen molar-refractivity contribution in [3.8, 4) is 20.9 Å². The molecule has 0 atom stereocenters. The Bertz CT molecular complexity index is 1230. The van der Waals surface area contributed by atoms with Crippen LogP contribution in [-0.2, 0) is 0 Å². The molecule has 4 aromatic rings. The van der Waals surface area contributed by atoms with Gasteiger partial charge in [-0.05, 0) is 68.6 Å². The Hall–Kier alpha value is -1.47. The summed E-state index contributed by atoms with van der Waals surface area (Å²) < 4.78 is 0. The summed E-state index contributed by atoms with van der Waals surface area (Å²) in [6, 6.07) is 14.9. The van der Waals surface area contributed by atoms with Gasteiger partial charge in [-0.25, -0.2) is 0 Å². The van der Waals surface area contributed by atoms with Crippen molar-refractivity contribution in [1.82, 2.24) is 0 Å². The van der Waals surface area contributed by atoms with Gasteiger partial charge >= 0.3 is 0 Å². The summed E-state index contributed by atoms with van der Waals surface area (Å²) in [4.78, 5) is 6.01. The maximum Gasteiger partial charge on any atom is 0.114 e. The van der Waals surface area contributed by atoms with E-state index in [2.05, 4.69) is 76.4 Å². The fraction of sp³-hybridized carbons (Fsp3) is 0.250. The van der Waals surface area contributed by atoms with E-state index < -0.39 is 16.1 Å². The molecule has 4 heterocycles. The fourth-order valence-electron chi connectivity index (χ4n) is 5.56. The maximum atomic E-state index is 2.55. The second kappa shape index (κ2) is 5.17. The van der Waals surface area contributed by atoms with Crippen molar-refractivity contribution in [1.29, 1.82) is 0 Å². The third kappa shape index (κ3) is 1.90. The first-order valence-corrected chi connectivity index (χ1v) is 17.7. The number of fused-ring (bicyclic) bond motifs is 4. The summed E-state index contributed by atoms with van der Waals surface area (Å²) in [6.07, 6.45) is 0. The van der Waals surface area contributed by atoms with Gasteiger partial charge in [0.25, 0.3) is 0 Å². The number of hydrogen-bond donors (Lipinski definition) is 0. The molecule has 4 heteroatoms. The molecule has 6 rings (SSSR count). The lowest BCUT2D eigenvalue weighted by molar-refractivity contribution is 1.63. The first-order valence-electron chi connectivity index (χ1n) is 10.0. The van der Waals surface area contributed by atoms with Gasteiger partial charge in [0.2, 0.25) is 0 Å². The molecule has 0 radical (unpaired) electrons. The van der Waals surface area contributed by atoms with Gasteiger partial charge in [0, 0.05) is 19.5 Å². The molecule has 0 spiro atoms. The van der Waals surface area contributed by atoms with Crippen LogP contribution in [0.4, 0.5) is 0 Å². The highest BCUT2D eigenvalue weighted by atomic mass is 32.1. The molecule has 0 bridgehead atoms. The molecule has 0 aliphatic carbocycles. The first kappa shape index (κ1) is 17.4. The maximum absolute atomic E-state index is 2.55. The Morgan fingerprint density at radius 2 is 0.964 bits per heavy atom. The molecule has 28 heavy (non-hydrogen) atoms. The molecule has 0 unspecified atom stereocenters. The molecular weight excluding hydrogens is 409 g/mol. The van der Waals surface area contributed by atoms with Gasteiger partial charge in [-0.3, -0.25) is 0 Å². The molecule has 0 N–H and O–H groups in total. The van der Waals surface area contributed by atoms with E-state index in [1.807, 2.05) is 22.7 Å². The smallest absolute Gasteiger partial charge is 0.114 e. The monoisotopic (exact) mass is 432 g/mol. The predicted molar refractivity (Wildman–Crippen MR) is 134 cm³/mol. The summed E-state index contributed by atoms with van der Waals surface area (Å²) in [6.45, 7) is 14.8. The van der Waals surface area contributed by atoms with Crippen LogP contribution >= 0.6 is 22.7 Å². The molecule has 2 aromatic carbocycles. The van der Waals surface area contributed by atoms with Crippen LogP contribution in [0.1, 0.15) is 9.75 Å². The van der Waals surface area contributed by atoms with Crippen molar-refractivity contribution >= 4 is 70.3 Å². The molecule has 0 fully saturated rings. The van der Waals surface area contributed by atoms with E-state index in [0.29, 0.717) is 0 Å². The van der Waals surface area contributed by atoms with Gasteiger partial charge in [0.15, 0.2) is 0 Å². The standard InChI is InChI=1S/C24H24S2Si2/c1-13-11-19-23(25-13)15-7-9-18-22-16(8-10-17(21(15)22)27(19,3)4)24-20(28(18,5)6)12-14(2)26-24/h7-12H,1-6H3. The van der Waals surface area contributed by atoms with Crippen LogP contribution in [0.25, 0.3) is 31.7 Å². The third-order valence-electron chi connectivity index (χ3n) is 7.05. The summed E-state index contributed by atoms with van der Waals surface area (Å²) in [5.41, 5.74) is 2.99. The number of hydrogen-bond acceptors (Lipinski definition) is 2. The highest BCUT2D eigenvalue weighted by Gasteiger charge is 2.42. The molecular formula is C24H24S2Si2. The largest absolute Gasteiger partial charge is 0.141 e. The number of thiophene rings is 2. The lowest BCUT2D eigenvalue weighted by atomic mass is 9.97. The molecule has 0 saturated heterocycles. The zero-order valence-corrected chi connectivity index (χ0v) is 20.9. The highest BCUT2D eigenvalue weighted by Crippen LogP contribution is 2.43. The Labute approximate surface area is 176 Å². The van der Waals surface area contributed by atoms with Crippen LogP contribution in [0, 0.1) is 13.8 Å². The van der Waals surface area contributed by atoms with E-state index >= 15 is 0 Å². The van der Waals surface area contributed by atoms with E-state index in [4.69, 9.17) is 0 Å². The zero-order chi connectivity index (χ0) is 19.6. The molecule has 0 nitrogen and oxygen atoms in total. The van der Waals surface area contributed by atoms with Crippen LogP contribution in [0.3, 0.4) is 0 Å². The van der Waals surface area contributed by atoms with Crippen molar-refractivity contribution < 1.29 is 0 Å². The van der Waals surface area contributed by atoms with Crippen LogP contribution in [0.5, 0.6) is 0 Å². The number of benzene rings is 2. The molecule has 2 aromatic heterocycles. The normalized spacial score (nSPS) is 17.5. The molecule has 0 amide bonds. The number of aryl methyl sites for hydroxylation is 2. The molecule has 2 aliphatic heterocycles. The topological polar surface area (TPSA) is 0 Å². The summed E-state index contributed by atoms with van der Waals surface area (Å²) in [5, 5.41) is 9.78. The van der Waals surface area contributed by atoms with Gasteiger partial charge < -0.3 is 0 Å². The van der Waals surface area contributed by atoms with Crippen LogP contribution in [-0.4, -0.2) is 16.1 Å². The highest BCUT2D eigenvalue weighted by molar-refractivity contribution is 7.21. The second-order valence-corrected chi connectivity index (χ2v) is 20.7. The van der Waals surface area contributed by atoms with Gasteiger partial charge in [-0.2, -0.15) is 0 Å². The predicted octanol–water partition coefficient (Wildman–Crippen LogP) is 5.19. The Morgan fingerprint density at radius 3 is 1.36 bits per heavy atom. The molecule has 140 valence electrons. The minimum absolute atomic E-state index is 1.45. The van der Waals surface area contributed by atoms with Crippen molar-refractivity contribution in [2.75, 3.05) is 0 Å². The van der Waals surface area contributed by atoms with Gasteiger partial charge in [-0.1, -0.05) is 50.5 Å². The van der Waals surface area contributed by atoms with Gasteiger partial charge in [-0.15, -0.1) is 22.7 Å². The molecule has 2 aliphatic rings. The lowest BCUT2D eigenvalue weighted by Gasteiger charge is -2.37. The fourth-order valence-corrected chi connectivity index (χ4v) is 15.4. The Kier molecular flexibility index (Phi) is 3.21. The second-order valence-electron chi connectivity index (χ2n) is 9.52. The van der Waals surface area contributed by atoms with Crippen molar-refractivity contribution in [2.45, 2.75) is 40.0 Å². The minimum atomic E-state index is -1.68. The van der Waals surface area contributed by atoms with Crippen LogP contribution < -0.4 is 20.7 Å². The van der Waals surface area contributed by atoms with Crippen LogP contribution in [0.2, 0.25) is 26.2 Å². The minimum Gasteiger partial charge on any atom is -0.141 e. The van der Waals surface area contributed by atoms with Crippen molar-refractivity contribution in [3.05, 3.63) is 46.2 Å². The lowest BCUT2D eigenvalue weighted by Crippen LogP contribution is -2.58. The van der Waals surface area contributed by atoms with E-state index in [1.54, 1.807) is 41.3 Å². The average Bonchev–Trinajstić information content (AvgIpc) is 3.22. The van der Waals surface area contributed by atoms with Crippen molar-refractivity contribution in [2.24, 2.45) is 0 Å². The third-order valence-corrected chi connectivity index (χ3v) is 16.6.